The van der Waals surface area contributed by atoms with Gasteiger partial charge in [-0.15, -0.1) is 0 Å². The molecule has 10 N–H and O–H groups in total. The van der Waals surface area contributed by atoms with E-state index in [2.05, 4.69) is 9.47 Å². The van der Waals surface area contributed by atoms with Crippen LogP contribution in [0.2, 0.25) is 0 Å². The van der Waals surface area contributed by atoms with Crippen LogP contribution in [0.25, 0.3) is 0 Å². The first-order chi connectivity index (χ1) is 12.9. The van der Waals surface area contributed by atoms with E-state index in [9.17, 15) is 45.3 Å². The Bertz CT molecular complexity index is 616. The highest BCUT2D eigenvalue weighted by Crippen LogP contribution is 2.36. The minimum absolute atomic E-state index is 1.03. The van der Waals surface area contributed by atoms with E-state index >= 15 is 0 Å². The number of aliphatic carboxylic acids is 2. The average molecular weight is 430 g/mol. The predicted octanol–water partition coefficient (Wildman–Crippen LogP) is -5.09. The monoisotopic (exact) mass is 430 g/mol. The number of hydrogen-bond acceptors (Lipinski definition) is 12. The molecule has 2 fully saturated rings. The molecule has 0 aromatic rings. The van der Waals surface area contributed by atoms with Gasteiger partial charge in [-0.25, -0.2) is 9.59 Å². The number of aliphatic hydroxyl groups excluding tert-OH is 5. The van der Waals surface area contributed by atoms with Crippen LogP contribution in [0.1, 0.15) is 20.8 Å². The summed E-state index contributed by atoms with van der Waals surface area (Å²) in [6.07, 6.45) is -12.7. The van der Waals surface area contributed by atoms with Crippen LogP contribution in [0.4, 0.5) is 0 Å². The third kappa shape index (κ3) is 4.51. The lowest BCUT2D eigenvalue weighted by Crippen LogP contribution is -2.72. The van der Waals surface area contributed by atoms with Crippen LogP contribution in [-0.2, 0) is 19.1 Å². The van der Waals surface area contributed by atoms with Gasteiger partial charge in [0.25, 0.3) is 0 Å². The van der Waals surface area contributed by atoms with E-state index in [4.69, 9.17) is 15.3 Å². The molecule has 0 amide bonds. The molecule has 0 spiro atoms. The zero-order valence-electron chi connectivity index (χ0n) is 15.6. The highest BCUT2D eigenvalue weighted by molar-refractivity contribution is 5.74. The SMILES string of the molecule is CC1(O)[C@@H](O)OC(C(=O)O)[C@H](O)[C@]1(C)O.CC1(O)[C@H](O)OC(C(=O)O)[C@@H](O)[C@@H]1O. The number of ether oxygens (including phenoxy) is 2. The van der Waals surface area contributed by atoms with Gasteiger partial charge in [0.1, 0.15) is 35.1 Å². The van der Waals surface area contributed by atoms with E-state index in [0.29, 0.717) is 0 Å². The van der Waals surface area contributed by atoms with Gasteiger partial charge in [-0.2, -0.15) is 0 Å². The summed E-state index contributed by atoms with van der Waals surface area (Å²) in [7, 11) is 0. The van der Waals surface area contributed by atoms with Crippen LogP contribution >= 0.6 is 0 Å². The first-order valence-corrected chi connectivity index (χ1v) is 8.24. The molecule has 14 nitrogen and oxygen atoms in total. The summed E-state index contributed by atoms with van der Waals surface area (Å²) < 4.78 is 8.95. The molecule has 2 aliphatic rings. The number of rotatable bonds is 2. The third-order valence-electron chi connectivity index (χ3n) is 5.14. The lowest BCUT2D eigenvalue weighted by Gasteiger charge is -2.49. The summed E-state index contributed by atoms with van der Waals surface area (Å²) in [5, 5.41) is 92.4. The minimum atomic E-state index is -2.19. The van der Waals surface area contributed by atoms with Crippen LogP contribution in [0.15, 0.2) is 0 Å². The fourth-order valence-electron chi connectivity index (χ4n) is 2.60. The Labute approximate surface area is 163 Å². The van der Waals surface area contributed by atoms with Crippen LogP contribution in [0.3, 0.4) is 0 Å². The molecular formula is C15H26O14. The average Bonchev–Trinajstić information content (AvgIpc) is 2.59. The Hall–Kier alpha value is -1.46. The van der Waals surface area contributed by atoms with Crippen molar-refractivity contribution in [2.45, 2.75) is 80.7 Å². The molecular weight excluding hydrogens is 404 g/mol. The molecule has 10 atom stereocenters. The Kier molecular flexibility index (Phi) is 7.36. The second kappa shape index (κ2) is 8.35. The number of carboxylic acids is 2. The summed E-state index contributed by atoms with van der Waals surface area (Å²) in [4.78, 5) is 21.1. The first kappa shape index (κ1) is 25.6. The molecule has 0 aromatic carbocycles. The number of hydrogen-bond donors (Lipinski definition) is 10. The van der Waals surface area contributed by atoms with Gasteiger partial charge in [-0.05, 0) is 20.8 Å². The summed E-state index contributed by atoms with van der Waals surface area (Å²) >= 11 is 0. The van der Waals surface area contributed by atoms with Gasteiger partial charge in [0.05, 0.1) is 0 Å². The van der Waals surface area contributed by atoms with Gasteiger partial charge in [-0.1, -0.05) is 0 Å². The Morgan fingerprint density at radius 3 is 1.52 bits per heavy atom. The van der Waals surface area contributed by atoms with E-state index in [1.807, 2.05) is 0 Å². The minimum Gasteiger partial charge on any atom is -0.479 e. The maximum atomic E-state index is 10.6. The van der Waals surface area contributed by atoms with Crippen molar-refractivity contribution in [3.63, 3.8) is 0 Å². The van der Waals surface area contributed by atoms with Crippen molar-refractivity contribution < 1.29 is 70.1 Å². The molecule has 0 aliphatic carbocycles. The van der Waals surface area contributed by atoms with Crippen molar-refractivity contribution >= 4 is 11.9 Å². The van der Waals surface area contributed by atoms with E-state index in [1.54, 1.807) is 0 Å². The van der Waals surface area contributed by atoms with Crippen molar-refractivity contribution in [2.75, 3.05) is 0 Å². The molecule has 2 saturated heterocycles. The lowest BCUT2D eigenvalue weighted by molar-refractivity contribution is -0.347. The molecule has 0 saturated carbocycles. The molecule has 170 valence electrons. The highest BCUT2D eigenvalue weighted by Gasteiger charge is 2.61. The predicted molar refractivity (Wildman–Crippen MR) is 86.9 cm³/mol. The van der Waals surface area contributed by atoms with Gasteiger partial charge in [0, 0.05) is 0 Å². The molecule has 2 heterocycles. The van der Waals surface area contributed by atoms with Gasteiger partial charge in [-0.3, -0.25) is 0 Å². The molecule has 0 bridgehead atoms. The lowest BCUT2D eigenvalue weighted by atomic mass is 9.76. The zero-order chi connectivity index (χ0) is 23.1. The maximum Gasteiger partial charge on any atom is 0.335 e. The van der Waals surface area contributed by atoms with Crippen molar-refractivity contribution in [1.82, 2.24) is 0 Å². The van der Waals surface area contributed by atoms with E-state index in [1.165, 1.54) is 0 Å². The third-order valence-corrected chi connectivity index (χ3v) is 5.14. The topological polar surface area (TPSA) is 255 Å². The molecule has 14 heteroatoms. The smallest absolute Gasteiger partial charge is 0.335 e. The first-order valence-electron chi connectivity index (χ1n) is 8.24. The molecule has 4 unspecified atom stereocenters. The molecule has 2 rings (SSSR count). The summed E-state index contributed by atoms with van der Waals surface area (Å²) in [5.41, 5.74) is -6.43. The van der Waals surface area contributed by atoms with Gasteiger partial charge in [0.15, 0.2) is 24.8 Å². The quantitative estimate of drug-likeness (QED) is 0.197. The second-order valence-electron chi connectivity index (χ2n) is 7.40. The fraction of sp³-hybridized carbons (Fsp3) is 0.867. The Morgan fingerprint density at radius 2 is 1.10 bits per heavy atom. The normalized spacial score (nSPS) is 50.2. The number of aliphatic hydroxyl groups is 8. The van der Waals surface area contributed by atoms with Gasteiger partial charge < -0.3 is 60.5 Å². The van der Waals surface area contributed by atoms with E-state index in [-0.39, 0.29) is 0 Å². The summed E-state index contributed by atoms with van der Waals surface area (Å²) in [6.45, 7) is 3.10. The Morgan fingerprint density at radius 1 is 0.690 bits per heavy atom. The van der Waals surface area contributed by atoms with Crippen LogP contribution in [0, 0.1) is 0 Å². The Balaban J connectivity index is 0.000000291. The largest absolute Gasteiger partial charge is 0.479 e. The van der Waals surface area contributed by atoms with Crippen LogP contribution in [-0.4, -0.2) is 123 Å². The zero-order valence-corrected chi connectivity index (χ0v) is 15.6. The van der Waals surface area contributed by atoms with Gasteiger partial charge >= 0.3 is 11.9 Å². The highest BCUT2D eigenvalue weighted by atomic mass is 16.7. The molecule has 0 aromatic heterocycles. The maximum absolute atomic E-state index is 10.6. The fourth-order valence-corrected chi connectivity index (χ4v) is 2.60. The van der Waals surface area contributed by atoms with Crippen LogP contribution < -0.4 is 0 Å². The van der Waals surface area contributed by atoms with Crippen molar-refractivity contribution in [3.05, 3.63) is 0 Å². The molecule has 2 aliphatic heterocycles. The van der Waals surface area contributed by atoms with Gasteiger partial charge in [0.2, 0.25) is 0 Å². The summed E-state index contributed by atoms with van der Waals surface area (Å²) in [5.74, 6) is -3.05. The van der Waals surface area contributed by atoms with Crippen molar-refractivity contribution in [2.24, 2.45) is 0 Å². The molecule has 29 heavy (non-hydrogen) atoms. The van der Waals surface area contributed by atoms with E-state index < -0.39 is 71.8 Å². The molecule has 0 radical (unpaired) electrons. The number of carboxylic acid groups (broad SMARTS) is 2. The second-order valence-corrected chi connectivity index (χ2v) is 7.40. The summed E-state index contributed by atoms with van der Waals surface area (Å²) in [6, 6.07) is 0. The van der Waals surface area contributed by atoms with Crippen LogP contribution in [0.5, 0.6) is 0 Å². The standard InChI is InChI=1S/C8H14O7.C7H12O7/c1-7(13)4(9)3(5(10)11)15-6(12)8(7,2)14;1-7(13)4(9)2(8)3(5(10)11)14-6(7)12/h3-4,6,9,12-14H,1-2H3,(H,10,11);2-4,6,8-9,12-13H,1H3,(H,10,11)/t3?,4-,6-,7-,8?;2-,3?,4+,6-,7?/m01/s1. The van der Waals surface area contributed by atoms with Crippen molar-refractivity contribution in [3.8, 4) is 0 Å². The number of carbonyl (C=O) groups is 2. The van der Waals surface area contributed by atoms with Crippen molar-refractivity contribution in [1.29, 1.82) is 0 Å². The van der Waals surface area contributed by atoms with E-state index in [0.717, 1.165) is 20.8 Å².